The van der Waals surface area contributed by atoms with Gasteiger partial charge >= 0.3 is 0 Å². The van der Waals surface area contributed by atoms with Crippen molar-refractivity contribution in [1.29, 1.82) is 0 Å². The molecule has 0 aliphatic heterocycles. The number of aryl methyl sites for hydroxylation is 1. The maximum Gasteiger partial charge on any atom is 0.149 e. The lowest BCUT2D eigenvalue weighted by Gasteiger charge is -2.15. The second-order valence-electron chi connectivity index (χ2n) is 4.49. The van der Waals surface area contributed by atoms with Crippen LogP contribution in [0.2, 0.25) is 5.02 Å². The molecular weight excluding hydrogens is 282 g/mol. The van der Waals surface area contributed by atoms with Crippen LogP contribution < -0.4 is 5.32 Å². The topological polar surface area (TPSA) is 58.0 Å². The minimum Gasteiger partial charge on any atom is -0.387 e. The second kappa shape index (κ2) is 5.86. The molecule has 0 spiro atoms. The molecule has 0 bridgehead atoms. The minimum absolute atomic E-state index is 0.105. The van der Waals surface area contributed by atoms with Crippen LogP contribution >= 0.6 is 22.9 Å². The number of nitrogens with zero attached hydrogens (tertiary/aromatic N) is 2. The molecule has 0 aromatic carbocycles. The fourth-order valence-electron chi connectivity index (χ4n) is 1.73. The highest BCUT2D eigenvalue weighted by Crippen LogP contribution is 2.30. The third kappa shape index (κ3) is 3.23. The summed E-state index contributed by atoms with van der Waals surface area (Å²) in [6.07, 6.45) is 0.693. The third-order valence-corrected chi connectivity index (χ3v) is 4.35. The first kappa shape index (κ1) is 14.2. The van der Waals surface area contributed by atoms with Gasteiger partial charge in [-0.2, -0.15) is 0 Å². The number of thiophene rings is 1. The van der Waals surface area contributed by atoms with Crippen molar-refractivity contribution in [2.45, 2.75) is 32.9 Å². The van der Waals surface area contributed by atoms with E-state index < -0.39 is 6.10 Å². The summed E-state index contributed by atoms with van der Waals surface area (Å²) in [5.74, 6) is 0.547. The summed E-state index contributed by atoms with van der Waals surface area (Å²) in [4.78, 5) is 9.34. The van der Waals surface area contributed by atoms with E-state index in [1.807, 2.05) is 6.92 Å². The van der Waals surface area contributed by atoms with Gasteiger partial charge in [-0.1, -0.05) is 11.6 Å². The second-order valence-corrected chi connectivity index (χ2v) is 5.81. The van der Waals surface area contributed by atoms with Crippen LogP contribution in [-0.4, -0.2) is 15.1 Å². The number of aliphatic hydroxyl groups is 1. The van der Waals surface area contributed by atoms with Gasteiger partial charge in [0.1, 0.15) is 17.2 Å². The number of nitrogens with one attached hydrogen (secondary N) is 1. The number of hydrogen-bond acceptors (Lipinski definition) is 5. The summed E-state index contributed by atoms with van der Waals surface area (Å²) in [7, 11) is 0. The van der Waals surface area contributed by atoms with Gasteiger partial charge in [0.15, 0.2) is 0 Å². The van der Waals surface area contributed by atoms with Gasteiger partial charge in [0, 0.05) is 4.88 Å². The van der Waals surface area contributed by atoms with Crippen LogP contribution in [-0.2, 0) is 0 Å². The number of halogens is 1. The van der Waals surface area contributed by atoms with Crippen LogP contribution in [0.1, 0.15) is 42.1 Å². The Hall–Kier alpha value is -1.17. The molecule has 6 heteroatoms. The maximum absolute atomic E-state index is 9.58. The molecule has 102 valence electrons. The molecule has 0 aliphatic rings. The molecule has 2 unspecified atom stereocenters. The molecule has 2 rings (SSSR count). The quantitative estimate of drug-likeness (QED) is 0.903. The Balaban J connectivity index is 2.21. The fourth-order valence-corrected chi connectivity index (χ4v) is 2.95. The molecule has 0 saturated carbocycles. The van der Waals surface area contributed by atoms with E-state index in [2.05, 4.69) is 33.7 Å². The molecule has 19 heavy (non-hydrogen) atoms. The molecular formula is C13H16ClN3OS. The van der Waals surface area contributed by atoms with Gasteiger partial charge in [-0.05, 0) is 37.8 Å². The van der Waals surface area contributed by atoms with E-state index in [1.54, 1.807) is 18.3 Å². The Morgan fingerprint density at radius 2 is 2.11 bits per heavy atom. The molecule has 2 aromatic heterocycles. The highest BCUT2D eigenvalue weighted by atomic mass is 35.5. The molecule has 0 aliphatic carbocycles. The largest absolute Gasteiger partial charge is 0.387 e. The lowest BCUT2D eigenvalue weighted by Crippen LogP contribution is -2.09. The Morgan fingerprint density at radius 3 is 2.68 bits per heavy atom. The molecule has 0 fully saturated rings. The summed E-state index contributed by atoms with van der Waals surface area (Å²) in [6.45, 7) is 5.74. The number of anilines is 1. The SMILES string of the molecule is Cc1csc(C(C)Nc2ncnc(C(C)O)c2Cl)c1. The van der Waals surface area contributed by atoms with Crippen molar-refractivity contribution in [2.75, 3.05) is 5.32 Å². The van der Waals surface area contributed by atoms with Crippen LogP contribution in [0, 0.1) is 6.92 Å². The summed E-state index contributed by atoms with van der Waals surface area (Å²) in [5, 5.41) is 15.3. The molecule has 4 nitrogen and oxygen atoms in total. The van der Waals surface area contributed by atoms with Gasteiger partial charge in [0.25, 0.3) is 0 Å². The number of aromatic nitrogens is 2. The van der Waals surface area contributed by atoms with Gasteiger partial charge in [0.05, 0.1) is 17.8 Å². The zero-order valence-corrected chi connectivity index (χ0v) is 12.6. The first-order valence-corrected chi connectivity index (χ1v) is 7.24. The van der Waals surface area contributed by atoms with Crippen molar-refractivity contribution in [3.63, 3.8) is 0 Å². The standard InChI is InChI=1S/C13H16ClN3OS/c1-7-4-10(19-5-7)8(2)17-13-11(14)12(9(3)18)15-6-16-13/h4-6,8-9,18H,1-3H3,(H,15,16,17). The smallest absolute Gasteiger partial charge is 0.149 e. The highest BCUT2D eigenvalue weighted by molar-refractivity contribution is 7.10. The predicted octanol–water partition coefficient (Wildman–Crippen LogP) is 3.73. The summed E-state index contributed by atoms with van der Waals surface area (Å²) < 4.78 is 0. The molecule has 2 N–H and O–H groups in total. The normalized spacial score (nSPS) is 14.2. The zero-order chi connectivity index (χ0) is 14.0. The molecule has 0 saturated heterocycles. The van der Waals surface area contributed by atoms with Crippen LogP contribution in [0.3, 0.4) is 0 Å². The summed E-state index contributed by atoms with van der Waals surface area (Å²) in [5.41, 5.74) is 1.68. The van der Waals surface area contributed by atoms with Crippen LogP contribution in [0.25, 0.3) is 0 Å². The minimum atomic E-state index is -0.713. The number of rotatable bonds is 4. The van der Waals surface area contributed by atoms with Crippen LogP contribution in [0.15, 0.2) is 17.8 Å². The van der Waals surface area contributed by atoms with Crippen molar-refractivity contribution >= 4 is 28.8 Å². The van der Waals surface area contributed by atoms with Gasteiger partial charge in [-0.15, -0.1) is 11.3 Å². The molecule has 0 amide bonds. The zero-order valence-electron chi connectivity index (χ0n) is 11.0. The van der Waals surface area contributed by atoms with Gasteiger partial charge in [0.2, 0.25) is 0 Å². The Morgan fingerprint density at radius 1 is 1.37 bits per heavy atom. The highest BCUT2D eigenvalue weighted by Gasteiger charge is 2.16. The first-order valence-electron chi connectivity index (χ1n) is 5.99. The Kier molecular flexibility index (Phi) is 4.39. The summed E-state index contributed by atoms with van der Waals surface area (Å²) in [6, 6.07) is 2.24. The maximum atomic E-state index is 9.58. The Labute approximate surface area is 121 Å². The monoisotopic (exact) mass is 297 g/mol. The lowest BCUT2D eigenvalue weighted by atomic mass is 10.2. The lowest BCUT2D eigenvalue weighted by molar-refractivity contribution is 0.194. The van der Waals surface area contributed by atoms with Gasteiger partial charge in [-0.25, -0.2) is 9.97 Å². The third-order valence-electron chi connectivity index (χ3n) is 2.74. The number of aliphatic hydroxyl groups excluding tert-OH is 1. The Bertz CT molecular complexity index is 571. The molecule has 0 radical (unpaired) electrons. The average Bonchev–Trinajstić information content (AvgIpc) is 2.78. The summed E-state index contributed by atoms with van der Waals surface area (Å²) >= 11 is 7.89. The number of hydrogen-bond donors (Lipinski definition) is 2. The van der Waals surface area contributed by atoms with Crippen molar-refractivity contribution in [2.24, 2.45) is 0 Å². The predicted molar refractivity (Wildman–Crippen MR) is 78.8 cm³/mol. The van der Waals surface area contributed by atoms with E-state index in [4.69, 9.17) is 11.6 Å². The van der Waals surface area contributed by atoms with Gasteiger partial charge in [-0.3, -0.25) is 0 Å². The first-order chi connectivity index (χ1) is 8.99. The van der Waals surface area contributed by atoms with E-state index in [0.717, 1.165) is 0 Å². The van der Waals surface area contributed by atoms with E-state index in [1.165, 1.54) is 16.8 Å². The fraction of sp³-hybridized carbons (Fsp3) is 0.385. The van der Waals surface area contributed by atoms with E-state index in [-0.39, 0.29) is 6.04 Å². The van der Waals surface area contributed by atoms with Crippen molar-refractivity contribution < 1.29 is 5.11 Å². The molecule has 2 aromatic rings. The molecule has 2 atom stereocenters. The van der Waals surface area contributed by atoms with Crippen molar-refractivity contribution in [3.05, 3.63) is 38.9 Å². The van der Waals surface area contributed by atoms with Crippen LogP contribution in [0.4, 0.5) is 5.82 Å². The van der Waals surface area contributed by atoms with Gasteiger partial charge < -0.3 is 10.4 Å². The van der Waals surface area contributed by atoms with Crippen molar-refractivity contribution in [1.82, 2.24) is 9.97 Å². The van der Waals surface area contributed by atoms with E-state index in [9.17, 15) is 5.11 Å². The van der Waals surface area contributed by atoms with Crippen molar-refractivity contribution in [3.8, 4) is 0 Å². The van der Waals surface area contributed by atoms with Crippen LogP contribution in [0.5, 0.6) is 0 Å². The molecule has 2 heterocycles. The van der Waals surface area contributed by atoms with E-state index >= 15 is 0 Å². The van der Waals surface area contributed by atoms with E-state index in [0.29, 0.717) is 16.5 Å². The average molecular weight is 298 g/mol.